The maximum absolute atomic E-state index is 5.60. The number of hydrogen-bond acceptors (Lipinski definition) is 0. The summed E-state index contributed by atoms with van der Waals surface area (Å²) in [5, 5.41) is 0. The van der Waals surface area contributed by atoms with Crippen molar-refractivity contribution < 1.29 is 0 Å². The molecule has 0 nitrogen and oxygen atoms in total. The van der Waals surface area contributed by atoms with Crippen LogP contribution in [0.4, 0.5) is 0 Å². The zero-order valence-corrected chi connectivity index (χ0v) is 8.88. The van der Waals surface area contributed by atoms with E-state index in [4.69, 9.17) is 33.2 Å². The topological polar surface area (TPSA) is 0 Å². The molecule has 0 aliphatic heterocycles. The highest BCUT2D eigenvalue weighted by Crippen LogP contribution is 2.25. The van der Waals surface area contributed by atoms with Gasteiger partial charge in [0.2, 0.25) is 0 Å². The van der Waals surface area contributed by atoms with Gasteiger partial charge in [0.15, 0.2) is 0 Å². The van der Waals surface area contributed by atoms with Crippen LogP contribution in [0.3, 0.4) is 0 Å². The van der Waals surface area contributed by atoms with Crippen LogP contribution in [-0.4, -0.2) is 6.00 Å². The molecule has 4 heteroatoms. The Bertz CT molecular complexity index is 97.7. The predicted octanol–water partition coefficient (Wildman–Crippen LogP) is 3.74. The van der Waals surface area contributed by atoms with Gasteiger partial charge >= 0.3 is 6.00 Å². The van der Waals surface area contributed by atoms with Crippen molar-refractivity contribution in [1.82, 2.24) is 0 Å². The van der Waals surface area contributed by atoms with E-state index >= 15 is 0 Å². The first-order valence-electron chi connectivity index (χ1n) is 3.08. The first-order valence-corrected chi connectivity index (χ1v) is 8.19. The van der Waals surface area contributed by atoms with Crippen molar-refractivity contribution in [1.29, 1.82) is 0 Å². The van der Waals surface area contributed by atoms with Crippen LogP contribution in [0.25, 0.3) is 0 Å². The van der Waals surface area contributed by atoms with Gasteiger partial charge in [-0.2, -0.15) is 0 Å². The fourth-order valence-electron chi connectivity index (χ4n) is 0.528. The Kier molecular flexibility index (Phi) is 5.93. The van der Waals surface area contributed by atoms with Gasteiger partial charge in [0.05, 0.1) is 0 Å². The molecule has 59 valence electrons. The molecule has 0 saturated carbocycles. The normalized spacial score (nSPS) is 11.5. The maximum atomic E-state index is 5.60. The standard InChI is InChI=1S/C6H10Cl3Si/c1-2-3-4-5-6-10(7,8)9/h2,6H,1,3-5H2. The molecule has 0 N–H and O–H groups in total. The minimum atomic E-state index is -2.45. The van der Waals surface area contributed by atoms with E-state index in [1.54, 1.807) is 6.04 Å². The lowest BCUT2D eigenvalue weighted by molar-refractivity contribution is 0.855. The average Bonchev–Trinajstić information content (AvgIpc) is 1.78. The molecule has 10 heavy (non-hydrogen) atoms. The second kappa shape index (κ2) is 5.47. The van der Waals surface area contributed by atoms with Crippen molar-refractivity contribution in [3.63, 3.8) is 0 Å². The van der Waals surface area contributed by atoms with Crippen LogP contribution in [0, 0.1) is 6.04 Å². The summed E-state index contributed by atoms with van der Waals surface area (Å²) in [6.07, 6.45) is 4.78. The number of allylic oxidation sites excluding steroid dienone is 1. The molecule has 0 aliphatic carbocycles. The molecule has 0 aromatic carbocycles. The summed E-state index contributed by atoms with van der Waals surface area (Å²) in [5.74, 6) is 0. The van der Waals surface area contributed by atoms with Crippen LogP contribution in [0.1, 0.15) is 19.3 Å². The van der Waals surface area contributed by atoms with Gasteiger partial charge in [-0.1, -0.05) is 6.08 Å². The second-order valence-corrected chi connectivity index (χ2v) is 10.6. The smallest absolute Gasteiger partial charge is 0.126 e. The highest BCUT2D eigenvalue weighted by Gasteiger charge is 2.23. The van der Waals surface area contributed by atoms with Crippen LogP contribution in [0.15, 0.2) is 12.7 Å². The fraction of sp³-hybridized carbons (Fsp3) is 0.500. The van der Waals surface area contributed by atoms with Crippen molar-refractivity contribution in [3.05, 3.63) is 18.7 Å². The van der Waals surface area contributed by atoms with E-state index in [0.717, 1.165) is 19.3 Å². The van der Waals surface area contributed by atoms with Crippen molar-refractivity contribution in [2.24, 2.45) is 0 Å². The van der Waals surface area contributed by atoms with Gasteiger partial charge in [-0.3, -0.25) is 0 Å². The van der Waals surface area contributed by atoms with Crippen molar-refractivity contribution >= 4 is 39.2 Å². The van der Waals surface area contributed by atoms with E-state index in [-0.39, 0.29) is 0 Å². The summed E-state index contributed by atoms with van der Waals surface area (Å²) in [6, 6.07) is -0.643. The van der Waals surface area contributed by atoms with E-state index < -0.39 is 6.00 Å². The summed E-state index contributed by atoms with van der Waals surface area (Å²) < 4.78 is 0. The third-order valence-electron chi connectivity index (χ3n) is 0.988. The van der Waals surface area contributed by atoms with E-state index in [2.05, 4.69) is 6.58 Å². The molecule has 0 fully saturated rings. The number of halogens is 3. The highest BCUT2D eigenvalue weighted by molar-refractivity contribution is 7.66. The first kappa shape index (κ1) is 10.8. The fourth-order valence-corrected chi connectivity index (χ4v) is 2.04. The SMILES string of the molecule is C=CCCC[CH][Si](Cl)(Cl)Cl. The second-order valence-electron chi connectivity index (χ2n) is 1.97. The minimum absolute atomic E-state index is 0.884. The van der Waals surface area contributed by atoms with Crippen LogP contribution in [0.2, 0.25) is 0 Å². The highest BCUT2D eigenvalue weighted by atomic mass is 35.8. The van der Waals surface area contributed by atoms with E-state index in [1.807, 2.05) is 6.08 Å². The Morgan fingerprint density at radius 2 is 1.80 bits per heavy atom. The minimum Gasteiger partial charge on any atom is -0.126 e. The maximum Gasteiger partial charge on any atom is 0.344 e. The van der Waals surface area contributed by atoms with Gasteiger partial charge in [0.25, 0.3) is 0 Å². The molecule has 1 radical (unpaired) electrons. The van der Waals surface area contributed by atoms with Gasteiger partial charge in [0.1, 0.15) is 0 Å². The molecule has 0 spiro atoms. The summed E-state index contributed by atoms with van der Waals surface area (Å²) in [6.45, 7) is 3.59. The molecule has 0 heterocycles. The van der Waals surface area contributed by atoms with E-state index in [0.29, 0.717) is 0 Å². The van der Waals surface area contributed by atoms with Crippen LogP contribution in [0.5, 0.6) is 0 Å². The zero-order chi connectivity index (χ0) is 8.04. The largest absolute Gasteiger partial charge is 0.344 e. The van der Waals surface area contributed by atoms with Gasteiger partial charge in [-0.15, -0.1) is 39.8 Å². The summed E-state index contributed by atoms with van der Waals surface area (Å²) >= 11 is 16.8. The third kappa shape index (κ3) is 8.83. The predicted molar refractivity (Wildman–Crippen MR) is 51.7 cm³/mol. The lowest BCUT2D eigenvalue weighted by Crippen LogP contribution is -2.09. The first-order chi connectivity index (χ1) is 4.56. The Labute approximate surface area is 77.3 Å². The molecule has 0 aromatic rings. The number of unbranched alkanes of at least 4 members (excludes halogenated alkanes) is 2. The molecule has 0 saturated heterocycles. The molecule has 0 aromatic heterocycles. The Balaban J connectivity index is 3.12. The molecule has 0 atom stereocenters. The number of rotatable bonds is 5. The Hall–Kier alpha value is 0.827. The van der Waals surface area contributed by atoms with E-state index in [1.165, 1.54) is 0 Å². The van der Waals surface area contributed by atoms with Crippen LogP contribution >= 0.6 is 33.2 Å². The van der Waals surface area contributed by atoms with Gasteiger partial charge in [0, 0.05) is 0 Å². The molecule has 0 aliphatic rings. The van der Waals surface area contributed by atoms with Crippen molar-refractivity contribution in [2.75, 3.05) is 0 Å². The van der Waals surface area contributed by atoms with Gasteiger partial charge < -0.3 is 0 Å². The van der Waals surface area contributed by atoms with Crippen LogP contribution < -0.4 is 0 Å². The third-order valence-corrected chi connectivity index (χ3v) is 3.13. The lowest BCUT2D eigenvalue weighted by atomic mass is 10.2. The monoisotopic (exact) mass is 215 g/mol. The Morgan fingerprint density at radius 3 is 2.20 bits per heavy atom. The van der Waals surface area contributed by atoms with Gasteiger partial charge in [-0.25, -0.2) is 0 Å². The molecule has 0 unspecified atom stereocenters. The summed E-state index contributed by atoms with van der Waals surface area (Å²) in [4.78, 5) is 0. The molecule has 0 rings (SSSR count). The zero-order valence-electron chi connectivity index (χ0n) is 5.62. The van der Waals surface area contributed by atoms with Gasteiger partial charge in [-0.05, 0) is 25.3 Å². The van der Waals surface area contributed by atoms with E-state index in [9.17, 15) is 0 Å². The van der Waals surface area contributed by atoms with Crippen LogP contribution in [-0.2, 0) is 0 Å². The Morgan fingerprint density at radius 1 is 1.20 bits per heavy atom. The summed E-state index contributed by atoms with van der Waals surface area (Å²) in [5.41, 5.74) is 0. The molecular weight excluding hydrogens is 207 g/mol. The average molecular weight is 217 g/mol. The van der Waals surface area contributed by atoms with Crippen molar-refractivity contribution in [2.45, 2.75) is 19.3 Å². The summed E-state index contributed by atoms with van der Waals surface area (Å²) in [7, 11) is 0. The quantitative estimate of drug-likeness (QED) is 0.284. The van der Waals surface area contributed by atoms with Crippen molar-refractivity contribution in [3.8, 4) is 0 Å². The molecule has 0 amide bonds. The number of hydrogen-bond donors (Lipinski definition) is 0. The molecule has 0 bridgehead atoms. The molecular formula is C6H10Cl3Si. The lowest BCUT2D eigenvalue weighted by Gasteiger charge is -2.04.